The molecule has 2 aromatic rings. The van der Waals surface area contributed by atoms with E-state index in [0.717, 1.165) is 49.4 Å². The van der Waals surface area contributed by atoms with E-state index in [9.17, 15) is 17.6 Å². The van der Waals surface area contributed by atoms with Gasteiger partial charge in [-0.1, -0.05) is 12.1 Å². The Morgan fingerprint density at radius 3 is 2.68 bits per heavy atom. The number of carbonyl (C=O) groups is 1. The molecule has 1 amide bonds. The molecule has 0 radical (unpaired) electrons. The van der Waals surface area contributed by atoms with Gasteiger partial charge in [-0.25, -0.2) is 17.8 Å². The summed E-state index contributed by atoms with van der Waals surface area (Å²) < 4.78 is 40.5. The molecule has 0 aliphatic carbocycles. The first-order valence-electron chi connectivity index (χ1n) is 9.11. The van der Waals surface area contributed by atoms with Crippen LogP contribution in [-0.4, -0.2) is 38.4 Å². The highest BCUT2D eigenvalue weighted by Gasteiger charge is 2.24. The summed E-state index contributed by atoms with van der Waals surface area (Å²) in [6.45, 7) is 3.60. The number of aromatic nitrogens is 1. The number of hydrogen-bond acceptors (Lipinski definition) is 5. The van der Waals surface area contributed by atoms with Crippen molar-refractivity contribution in [3.63, 3.8) is 0 Å². The second kappa shape index (κ2) is 8.66. The van der Waals surface area contributed by atoms with Gasteiger partial charge in [-0.15, -0.1) is 0 Å². The molecule has 1 aromatic heterocycles. The third-order valence-corrected chi connectivity index (χ3v) is 6.13. The van der Waals surface area contributed by atoms with E-state index in [1.165, 1.54) is 19.1 Å². The topological polar surface area (TPSA) is 91.4 Å². The van der Waals surface area contributed by atoms with Gasteiger partial charge in [-0.05, 0) is 49.6 Å². The van der Waals surface area contributed by atoms with E-state index < -0.39 is 32.7 Å². The van der Waals surface area contributed by atoms with Gasteiger partial charge in [-0.3, -0.25) is 4.79 Å². The van der Waals surface area contributed by atoms with E-state index in [-0.39, 0.29) is 6.54 Å². The molecule has 0 saturated carbocycles. The summed E-state index contributed by atoms with van der Waals surface area (Å²) in [5.41, 5.74) is 0.870. The smallest absolute Gasteiger partial charge is 0.244 e. The summed E-state index contributed by atoms with van der Waals surface area (Å²) in [5.74, 6) is -0.495. The van der Waals surface area contributed by atoms with E-state index in [4.69, 9.17) is 0 Å². The molecule has 0 bridgehead atoms. The number of benzene rings is 1. The van der Waals surface area contributed by atoms with Gasteiger partial charge in [0.2, 0.25) is 15.9 Å². The van der Waals surface area contributed by atoms with Crippen molar-refractivity contribution >= 4 is 21.7 Å². The second-order valence-corrected chi connectivity index (χ2v) is 8.39. The highest BCUT2D eigenvalue weighted by molar-refractivity contribution is 7.89. The predicted octanol–water partition coefficient (Wildman–Crippen LogP) is 1.80. The van der Waals surface area contributed by atoms with Crippen LogP contribution in [0.5, 0.6) is 0 Å². The van der Waals surface area contributed by atoms with Crippen molar-refractivity contribution in [2.24, 2.45) is 0 Å². The number of pyridine rings is 1. The maximum Gasteiger partial charge on any atom is 0.244 e. The minimum Gasteiger partial charge on any atom is -0.357 e. The number of rotatable bonds is 7. The van der Waals surface area contributed by atoms with Crippen LogP contribution in [0.3, 0.4) is 0 Å². The summed E-state index contributed by atoms with van der Waals surface area (Å²) in [5, 5.41) is 2.70. The van der Waals surface area contributed by atoms with E-state index >= 15 is 0 Å². The average Bonchev–Trinajstić information content (AvgIpc) is 3.21. The highest BCUT2D eigenvalue weighted by atomic mass is 32.2. The van der Waals surface area contributed by atoms with Crippen LogP contribution in [0.4, 0.5) is 10.2 Å². The SMILES string of the molecule is C[C@H](NS(=O)(=O)c1ccccc1F)C(=O)NCc1ccnc(N2CCCC2)c1. The quantitative estimate of drug-likeness (QED) is 0.732. The number of nitrogens with one attached hydrogen (secondary N) is 2. The number of hydrogen-bond donors (Lipinski definition) is 2. The summed E-state index contributed by atoms with van der Waals surface area (Å²) in [7, 11) is -4.14. The Labute approximate surface area is 164 Å². The van der Waals surface area contributed by atoms with Gasteiger partial charge in [0, 0.05) is 25.8 Å². The number of halogens is 1. The van der Waals surface area contributed by atoms with Crippen LogP contribution in [-0.2, 0) is 21.4 Å². The molecule has 28 heavy (non-hydrogen) atoms. The molecule has 7 nitrogen and oxygen atoms in total. The van der Waals surface area contributed by atoms with Crippen molar-refractivity contribution < 1.29 is 17.6 Å². The van der Waals surface area contributed by atoms with Gasteiger partial charge >= 0.3 is 0 Å². The van der Waals surface area contributed by atoms with Crippen LogP contribution >= 0.6 is 0 Å². The lowest BCUT2D eigenvalue weighted by Gasteiger charge is -2.18. The normalized spacial score (nSPS) is 15.4. The van der Waals surface area contributed by atoms with Crippen molar-refractivity contribution in [2.75, 3.05) is 18.0 Å². The molecule has 0 spiro atoms. The molecule has 2 heterocycles. The molecule has 0 unspecified atom stereocenters. The third-order valence-electron chi connectivity index (χ3n) is 4.56. The van der Waals surface area contributed by atoms with Gasteiger partial charge in [0.1, 0.15) is 16.5 Å². The molecule has 1 atom stereocenters. The maximum atomic E-state index is 13.7. The van der Waals surface area contributed by atoms with Crippen molar-refractivity contribution in [3.8, 4) is 0 Å². The average molecular weight is 406 g/mol. The molecular weight excluding hydrogens is 383 g/mol. The van der Waals surface area contributed by atoms with Gasteiger partial charge < -0.3 is 10.2 Å². The van der Waals surface area contributed by atoms with E-state index in [1.54, 1.807) is 12.3 Å². The first-order chi connectivity index (χ1) is 13.4. The Morgan fingerprint density at radius 1 is 1.25 bits per heavy atom. The Balaban J connectivity index is 1.59. The van der Waals surface area contributed by atoms with Crippen molar-refractivity contribution in [1.82, 2.24) is 15.0 Å². The van der Waals surface area contributed by atoms with Crippen LogP contribution in [0.15, 0.2) is 47.5 Å². The Kier molecular flexibility index (Phi) is 6.25. The molecule has 2 N–H and O–H groups in total. The van der Waals surface area contributed by atoms with Crippen LogP contribution in [0.1, 0.15) is 25.3 Å². The van der Waals surface area contributed by atoms with Crippen molar-refractivity contribution in [2.45, 2.75) is 37.2 Å². The fourth-order valence-electron chi connectivity index (χ4n) is 3.04. The first-order valence-corrected chi connectivity index (χ1v) is 10.6. The van der Waals surface area contributed by atoms with E-state index in [2.05, 4.69) is 19.9 Å². The van der Waals surface area contributed by atoms with Gasteiger partial charge in [0.05, 0.1) is 6.04 Å². The Hall–Kier alpha value is -2.52. The molecule has 1 saturated heterocycles. The van der Waals surface area contributed by atoms with Crippen LogP contribution in [0.25, 0.3) is 0 Å². The van der Waals surface area contributed by atoms with E-state index in [0.29, 0.717) is 0 Å². The largest absolute Gasteiger partial charge is 0.357 e. The summed E-state index contributed by atoms with van der Waals surface area (Å²) in [6.07, 6.45) is 3.98. The Morgan fingerprint density at radius 2 is 1.96 bits per heavy atom. The lowest BCUT2D eigenvalue weighted by molar-refractivity contribution is -0.122. The lowest BCUT2D eigenvalue weighted by atomic mass is 10.2. The third kappa shape index (κ3) is 4.85. The zero-order chi connectivity index (χ0) is 20.1. The number of sulfonamides is 1. The van der Waals surface area contributed by atoms with Crippen LogP contribution < -0.4 is 14.9 Å². The minimum atomic E-state index is -4.14. The molecule has 150 valence electrons. The summed E-state index contributed by atoms with van der Waals surface area (Å²) in [4.78, 5) is 18.4. The van der Waals surface area contributed by atoms with Gasteiger partial charge in [-0.2, -0.15) is 4.72 Å². The number of amides is 1. The molecular formula is C19H23FN4O3S. The summed E-state index contributed by atoms with van der Waals surface area (Å²) in [6, 6.07) is 7.69. The molecule has 1 aromatic carbocycles. The minimum absolute atomic E-state index is 0.244. The standard InChI is InChI=1S/C19H23FN4O3S/c1-14(23-28(26,27)17-7-3-2-6-16(17)20)19(25)22-13-15-8-9-21-18(12-15)24-10-4-5-11-24/h2-3,6-9,12,14,23H,4-5,10-11,13H2,1H3,(H,22,25)/t14-/m0/s1. The fourth-order valence-corrected chi connectivity index (χ4v) is 4.33. The van der Waals surface area contributed by atoms with E-state index in [1.807, 2.05) is 6.07 Å². The predicted molar refractivity (Wildman–Crippen MR) is 104 cm³/mol. The molecule has 1 aliphatic rings. The second-order valence-electron chi connectivity index (χ2n) is 6.71. The van der Waals surface area contributed by atoms with Crippen molar-refractivity contribution in [3.05, 3.63) is 54.0 Å². The lowest BCUT2D eigenvalue weighted by Crippen LogP contribution is -2.44. The van der Waals surface area contributed by atoms with Gasteiger partial charge in [0.15, 0.2) is 0 Å². The maximum absolute atomic E-state index is 13.7. The van der Waals surface area contributed by atoms with Crippen LogP contribution in [0.2, 0.25) is 0 Å². The fraction of sp³-hybridized carbons (Fsp3) is 0.368. The summed E-state index contributed by atoms with van der Waals surface area (Å²) >= 11 is 0. The number of nitrogens with zero attached hydrogens (tertiary/aromatic N) is 2. The van der Waals surface area contributed by atoms with Crippen LogP contribution in [0, 0.1) is 5.82 Å². The van der Waals surface area contributed by atoms with Crippen molar-refractivity contribution in [1.29, 1.82) is 0 Å². The number of carbonyl (C=O) groups excluding carboxylic acids is 1. The molecule has 1 fully saturated rings. The number of anilines is 1. The van der Waals surface area contributed by atoms with Gasteiger partial charge in [0.25, 0.3) is 0 Å². The molecule has 1 aliphatic heterocycles. The zero-order valence-electron chi connectivity index (χ0n) is 15.6. The Bertz CT molecular complexity index is 946. The first kappa shape index (κ1) is 20.2. The molecule has 9 heteroatoms. The molecule has 3 rings (SSSR count). The zero-order valence-corrected chi connectivity index (χ0v) is 16.4. The monoisotopic (exact) mass is 406 g/mol. The highest BCUT2D eigenvalue weighted by Crippen LogP contribution is 2.18.